The molecule has 0 fully saturated rings. The highest BCUT2D eigenvalue weighted by Crippen LogP contribution is 2.31. The highest BCUT2D eigenvalue weighted by molar-refractivity contribution is 6.07. The van der Waals surface area contributed by atoms with Gasteiger partial charge in [0.15, 0.2) is 0 Å². The van der Waals surface area contributed by atoms with Gasteiger partial charge in [0.1, 0.15) is 5.69 Å². The summed E-state index contributed by atoms with van der Waals surface area (Å²) >= 11 is 0. The third-order valence-electron chi connectivity index (χ3n) is 4.70. The highest BCUT2D eigenvalue weighted by Gasteiger charge is 2.34. The van der Waals surface area contributed by atoms with Crippen molar-refractivity contribution in [2.24, 2.45) is 4.99 Å². The fourth-order valence-corrected chi connectivity index (χ4v) is 3.48. The summed E-state index contributed by atoms with van der Waals surface area (Å²) in [4.78, 5) is 17.2. The molecule has 0 saturated carbocycles. The first-order valence-electron chi connectivity index (χ1n) is 9.02. The molecule has 3 aromatic rings. The predicted octanol–water partition coefficient (Wildman–Crippen LogP) is 2.26. The van der Waals surface area contributed by atoms with E-state index in [1.165, 1.54) is 4.68 Å². The number of nitrogens with one attached hydrogen (secondary N) is 1. The van der Waals surface area contributed by atoms with E-state index in [9.17, 15) is 4.79 Å². The van der Waals surface area contributed by atoms with Crippen LogP contribution >= 0.6 is 0 Å². The Bertz CT molecular complexity index is 1090. The van der Waals surface area contributed by atoms with Gasteiger partial charge in [0.2, 0.25) is 0 Å². The van der Waals surface area contributed by atoms with Crippen LogP contribution in [-0.2, 0) is 6.54 Å². The quantitative estimate of drug-likeness (QED) is 0.684. The molecule has 136 valence electrons. The zero-order chi connectivity index (χ0) is 18.8. The Morgan fingerprint density at radius 1 is 1.15 bits per heavy atom. The van der Waals surface area contributed by atoms with Gasteiger partial charge in [-0.25, -0.2) is 4.68 Å². The van der Waals surface area contributed by atoms with Gasteiger partial charge in [0, 0.05) is 5.57 Å². The zero-order valence-electron chi connectivity index (χ0n) is 15.1. The minimum atomic E-state index is -0.238. The van der Waals surface area contributed by atoms with Crippen LogP contribution < -0.4 is 10.1 Å². The van der Waals surface area contributed by atoms with Crippen molar-refractivity contribution in [3.05, 3.63) is 88.1 Å². The fraction of sp³-hybridized carbons (Fsp3) is 0.190. The molecular weight excluding hydrogens is 340 g/mol. The molecule has 0 radical (unpaired) electrons. The monoisotopic (exact) mass is 361 g/mol. The summed E-state index contributed by atoms with van der Waals surface area (Å²) in [7, 11) is 0. The van der Waals surface area contributed by atoms with Crippen LogP contribution in [0.25, 0.3) is 5.57 Å². The molecule has 1 aliphatic rings. The van der Waals surface area contributed by atoms with Crippen LogP contribution in [0.15, 0.2) is 76.3 Å². The van der Waals surface area contributed by atoms with E-state index in [2.05, 4.69) is 30.2 Å². The standard InChI is InChI=1S/C21H20N4O2/c1-2-16-19(15-8-4-3-5-9-15)18-10-6-7-11-24(18)20(16)23-17-14-22-25(12-13-26)21(17)27/h3-11,14,26H,2,12-13H2,1H3/p+1. The second kappa shape index (κ2) is 7.17. The van der Waals surface area contributed by atoms with Crippen LogP contribution in [0.1, 0.15) is 24.6 Å². The Labute approximate surface area is 156 Å². The molecule has 2 aromatic heterocycles. The maximum Gasteiger partial charge on any atom is 0.333 e. The summed E-state index contributed by atoms with van der Waals surface area (Å²) in [6.07, 6.45) is 4.35. The molecule has 0 bridgehead atoms. The first-order chi connectivity index (χ1) is 13.2. The van der Waals surface area contributed by atoms with E-state index in [0.717, 1.165) is 34.7 Å². The zero-order valence-corrected chi connectivity index (χ0v) is 15.1. The van der Waals surface area contributed by atoms with Gasteiger partial charge in [-0.15, -0.1) is 0 Å². The predicted molar refractivity (Wildman–Crippen MR) is 104 cm³/mol. The van der Waals surface area contributed by atoms with Crippen LogP contribution in [0.4, 0.5) is 5.69 Å². The Hall–Kier alpha value is -3.25. The Kier molecular flexibility index (Phi) is 4.56. The number of rotatable bonds is 5. The molecule has 0 aliphatic carbocycles. The number of aliphatic hydroxyl groups is 1. The van der Waals surface area contributed by atoms with Crippen molar-refractivity contribution in [1.82, 2.24) is 9.78 Å². The van der Waals surface area contributed by atoms with Crippen LogP contribution in [0, 0.1) is 0 Å². The van der Waals surface area contributed by atoms with E-state index in [1.54, 1.807) is 6.20 Å². The Morgan fingerprint density at radius 2 is 1.93 bits per heavy atom. The molecule has 0 amide bonds. The van der Waals surface area contributed by atoms with Gasteiger partial charge in [-0.2, -0.15) is 4.57 Å². The molecule has 2 N–H and O–H groups in total. The molecule has 0 spiro atoms. The summed E-state index contributed by atoms with van der Waals surface area (Å²) in [5, 5.41) is 11.9. The van der Waals surface area contributed by atoms with Gasteiger partial charge in [0.25, 0.3) is 5.69 Å². The van der Waals surface area contributed by atoms with Crippen LogP contribution in [0.5, 0.6) is 0 Å². The lowest BCUT2D eigenvalue weighted by Gasteiger charge is -2.03. The molecular formula is C21H21N4O2+. The molecule has 6 nitrogen and oxygen atoms in total. The van der Waals surface area contributed by atoms with Gasteiger partial charge in [-0.05, 0) is 29.1 Å². The van der Waals surface area contributed by atoms with E-state index < -0.39 is 0 Å². The highest BCUT2D eigenvalue weighted by atomic mass is 16.3. The number of aromatic nitrogens is 3. The number of H-pyrrole nitrogens is 1. The lowest BCUT2D eigenvalue weighted by atomic mass is 9.97. The molecule has 1 aliphatic heterocycles. The third-order valence-corrected chi connectivity index (χ3v) is 4.70. The average Bonchev–Trinajstić information content (AvgIpc) is 3.21. The van der Waals surface area contributed by atoms with Crippen LogP contribution in [0.3, 0.4) is 0 Å². The second-order valence-corrected chi connectivity index (χ2v) is 6.30. The summed E-state index contributed by atoms with van der Waals surface area (Å²) < 4.78 is 3.39. The van der Waals surface area contributed by atoms with Crippen LogP contribution in [-0.4, -0.2) is 27.3 Å². The molecule has 0 unspecified atom stereocenters. The summed E-state index contributed by atoms with van der Waals surface area (Å²) in [5.41, 5.74) is 4.53. The molecule has 4 rings (SSSR count). The van der Waals surface area contributed by atoms with Crippen LogP contribution in [0.2, 0.25) is 0 Å². The minimum absolute atomic E-state index is 0.105. The maximum absolute atomic E-state index is 12.5. The summed E-state index contributed by atoms with van der Waals surface area (Å²) in [6, 6.07) is 16.3. The first kappa shape index (κ1) is 17.2. The van der Waals surface area contributed by atoms with Crippen molar-refractivity contribution in [1.29, 1.82) is 0 Å². The number of aromatic amines is 1. The Balaban J connectivity index is 1.92. The smallest absolute Gasteiger partial charge is 0.333 e. The minimum Gasteiger partial charge on any atom is -0.394 e. The largest absolute Gasteiger partial charge is 0.394 e. The number of nitrogens with zero attached hydrogens (tertiary/aromatic N) is 3. The van der Waals surface area contributed by atoms with Gasteiger partial charge >= 0.3 is 11.4 Å². The third kappa shape index (κ3) is 2.94. The Morgan fingerprint density at radius 3 is 2.67 bits per heavy atom. The normalized spacial score (nSPS) is 14.8. The van der Waals surface area contributed by atoms with Crippen molar-refractivity contribution < 1.29 is 9.67 Å². The van der Waals surface area contributed by atoms with Crippen molar-refractivity contribution >= 4 is 17.1 Å². The lowest BCUT2D eigenvalue weighted by molar-refractivity contribution is -0.554. The van der Waals surface area contributed by atoms with Crippen molar-refractivity contribution in [3.8, 4) is 0 Å². The maximum atomic E-state index is 12.5. The number of aliphatic hydroxyl groups excluding tert-OH is 1. The van der Waals surface area contributed by atoms with Crippen molar-refractivity contribution in [2.75, 3.05) is 6.61 Å². The first-order valence-corrected chi connectivity index (χ1v) is 9.02. The fourth-order valence-electron chi connectivity index (χ4n) is 3.48. The van der Waals surface area contributed by atoms with Gasteiger partial charge in [-0.3, -0.25) is 9.89 Å². The second-order valence-electron chi connectivity index (χ2n) is 6.30. The number of aliphatic imine (C=N–C) groups is 1. The van der Waals surface area contributed by atoms with E-state index in [4.69, 9.17) is 10.1 Å². The molecule has 3 heterocycles. The number of benzene rings is 1. The number of pyridine rings is 1. The molecule has 6 heteroatoms. The number of fused-ring (bicyclic) bond motifs is 1. The van der Waals surface area contributed by atoms with Gasteiger partial charge in [0.05, 0.1) is 31.1 Å². The van der Waals surface area contributed by atoms with Crippen molar-refractivity contribution in [3.63, 3.8) is 0 Å². The summed E-state index contributed by atoms with van der Waals surface area (Å²) in [6.45, 7) is 2.22. The average molecular weight is 361 g/mol. The number of allylic oxidation sites excluding steroid dienone is 1. The summed E-state index contributed by atoms with van der Waals surface area (Å²) in [5.74, 6) is 0.763. The van der Waals surface area contributed by atoms with Gasteiger partial charge < -0.3 is 5.11 Å². The van der Waals surface area contributed by atoms with Gasteiger partial charge in [-0.1, -0.05) is 43.3 Å². The van der Waals surface area contributed by atoms with E-state index >= 15 is 0 Å². The van der Waals surface area contributed by atoms with E-state index in [1.807, 2.05) is 41.1 Å². The number of hydrogen-bond donors (Lipinski definition) is 2. The molecule has 1 aromatic carbocycles. The lowest BCUT2D eigenvalue weighted by Crippen LogP contribution is -2.42. The SMILES string of the molecule is CCC1=C(c2ccccc2)c2cccc[n+]2C1=Nc1c[nH]n(CCO)c1=O. The number of hydrogen-bond acceptors (Lipinski definition) is 3. The molecule has 0 atom stereocenters. The topological polar surface area (TPSA) is 74.3 Å². The van der Waals surface area contributed by atoms with E-state index in [-0.39, 0.29) is 18.7 Å². The van der Waals surface area contributed by atoms with E-state index in [0.29, 0.717) is 5.69 Å². The molecule has 0 saturated heterocycles. The van der Waals surface area contributed by atoms with Crippen molar-refractivity contribution in [2.45, 2.75) is 19.9 Å². The molecule has 27 heavy (non-hydrogen) atoms.